The number of ether oxygens (including phenoxy) is 1. The fraction of sp³-hybridized carbons (Fsp3) is 0.692. The van der Waals surface area contributed by atoms with Crippen LogP contribution in [-0.2, 0) is 21.2 Å². The lowest BCUT2D eigenvalue weighted by Gasteiger charge is -2.08. The molecule has 1 unspecified atom stereocenters. The molecule has 2 N–H and O–H groups in total. The zero-order chi connectivity index (χ0) is 14.4. The fourth-order valence-corrected chi connectivity index (χ4v) is 4.58. The predicted octanol–water partition coefficient (Wildman–Crippen LogP) is 1.21. The maximum absolute atomic E-state index is 12.2. The van der Waals surface area contributed by atoms with Gasteiger partial charge < -0.3 is 10.1 Å². The van der Waals surface area contributed by atoms with E-state index in [0.717, 1.165) is 37.4 Å². The van der Waals surface area contributed by atoms with E-state index in [1.165, 1.54) is 11.3 Å². The molecule has 7 heteroatoms. The van der Waals surface area contributed by atoms with Crippen molar-refractivity contribution in [2.45, 2.75) is 24.0 Å². The lowest BCUT2D eigenvalue weighted by atomic mass is 10.1. The number of likely N-dealkylation sites (N-methyl/N-ethyl adjacent to an activating group) is 1. The van der Waals surface area contributed by atoms with E-state index in [1.807, 2.05) is 6.07 Å². The molecule has 0 spiro atoms. The fourth-order valence-electron chi connectivity index (χ4n) is 2.07. The van der Waals surface area contributed by atoms with Crippen LogP contribution in [0.4, 0.5) is 0 Å². The molecule has 0 bridgehead atoms. The molecule has 1 aliphatic rings. The number of thiophene rings is 1. The number of nitrogens with one attached hydrogen (secondary N) is 2. The van der Waals surface area contributed by atoms with Crippen molar-refractivity contribution in [3.05, 3.63) is 17.0 Å². The second kappa shape index (κ2) is 7.51. The molecule has 5 nitrogen and oxygen atoms in total. The zero-order valence-corrected chi connectivity index (χ0v) is 13.4. The molecular formula is C13H22N2O3S2. The van der Waals surface area contributed by atoms with Crippen molar-refractivity contribution < 1.29 is 13.2 Å². The van der Waals surface area contributed by atoms with Gasteiger partial charge in [0.05, 0.1) is 6.61 Å². The van der Waals surface area contributed by atoms with Gasteiger partial charge in [-0.1, -0.05) is 6.92 Å². The summed E-state index contributed by atoms with van der Waals surface area (Å²) in [5, 5.41) is 3.23. The summed E-state index contributed by atoms with van der Waals surface area (Å²) in [4.78, 5) is 1.09. The van der Waals surface area contributed by atoms with E-state index in [-0.39, 0.29) is 0 Å². The summed E-state index contributed by atoms with van der Waals surface area (Å²) in [6.07, 6.45) is 1.80. The van der Waals surface area contributed by atoms with Crippen molar-refractivity contribution in [3.8, 4) is 0 Å². The van der Waals surface area contributed by atoms with Crippen LogP contribution in [0.2, 0.25) is 0 Å². The molecule has 0 aliphatic carbocycles. The van der Waals surface area contributed by atoms with E-state index in [9.17, 15) is 8.42 Å². The Morgan fingerprint density at radius 1 is 1.45 bits per heavy atom. The van der Waals surface area contributed by atoms with Gasteiger partial charge in [0, 0.05) is 18.0 Å². The van der Waals surface area contributed by atoms with Gasteiger partial charge in [0.1, 0.15) is 4.21 Å². The Morgan fingerprint density at radius 2 is 2.30 bits per heavy atom. The van der Waals surface area contributed by atoms with Gasteiger partial charge in [-0.05, 0) is 44.0 Å². The molecule has 2 rings (SSSR count). The molecular weight excluding hydrogens is 296 g/mol. The first-order valence-electron chi connectivity index (χ1n) is 6.98. The molecule has 0 saturated carbocycles. The highest BCUT2D eigenvalue weighted by atomic mass is 32.2. The van der Waals surface area contributed by atoms with Crippen LogP contribution in [0, 0.1) is 5.92 Å². The molecule has 0 aromatic carbocycles. The van der Waals surface area contributed by atoms with Gasteiger partial charge in [-0.2, -0.15) is 0 Å². The number of hydrogen-bond acceptors (Lipinski definition) is 5. The first-order chi connectivity index (χ1) is 9.62. The Balaban J connectivity index is 1.88. The maximum atomic E-state index is 12.2. The summed E-state index contributed by atoms with van der Waals surface area (Å²) in [5.41, 5.74) is 0. The zero-order valence-electron chi connectivity index (χ0n) is 11.7. The van der Waals surface area contributed by atoms with Crippen molar-refractivity contribution >= 4 is 21.4 Å². The Hall–Kier alpha value is -0.470. The third-order valence-corrected chi connectivity index (χ3v) is 6.35. The van der Waals surface area contributed by atoms with Gasteiger partial charge in [0.25, 0.3) is 0 Å². The predicted molar refractivity (Wildman–Crippen MR) is 80.7 cm³/mol. The van der Waals surface area contributed by atoms with Gasteiger partial charge in [-0.25, -0.2) is 13.1 Å². The number of rotatable bonds is 8. The quantitative estimate of drug-likeness (QED) is 0.707. The SMILES string of the molecule is CCNCCc1ccc(S(=O)(=O)NCC2CCOC2)s1. The van der Waals surface area contributed by atoms with Crippen LogP contribution in [0.15, 0.2) is 16.3 Å². The maximum Gasteiger partial charge on any atom is 0.250 e. The molecule has 0 amide bonds. The molecule has 1 atom stereocenters. The van der Waals surface area contributed by atoms with Crippen LogP contribution in [0.5, 0.6) is 0 Å². The highest BCUT2D eigenvalue weighted by molar-refractivity contribution is 7.91. The van der Waals surface area contributed by atoms with E-state index >= 15 is 0 Å². The second-order valence-corrected chi connectivity index (χ2v) is 8.07. The Labute approximate surface area is 124 Å². The van der Waals surface area contributed by atoms with Crippen LogP contribution < -0.4 is 10.0 Å². The average molecular weight is 318 g/mol. The third kappa shape index (κ3) is 4.53. The van der Waals surface area contributed by atoms with Crippen molar-refractivity contribution in [3.63, 3.8) is 0 Å². The summed E-state index contributed by atoms with van der Waals surface area (Å²) in [7, 11) is -3.36. The first-order valence-corrected chi connectivity index (χ1v) is 9.28. The monoisotopic (exact) mass is 318 g/mol. The standard InChI is InChI=1S/C13H22N2O3S2/c1-2-14-7-5-12-3-4-13(19-12)20(16,17)15-9-11-6-8-18-10-11/h3-4,11,14-15H,2,5-10H2,1H3. The smallest absolute Gasteiger partial charge is 0.250 e. The van der Waals surface area contributed by atoms with Crippen LogP contribution in [0.3, 0.4) is 0 Å². The molecule has 0 radical (unpaired) electrons. The summed E-state index contributed by atoms with van der Waals surface area (Å²) in [6, 6.07) is 3.59. The van der Waals surface area contributed by atoms with Gasteiger partial charge in [0.15, 0.2) is 0 Å². The van der Waals surface area contributed by atoms with Gasteiger partial charge in [-0.3, -0.25) is 0 Å². The Bertz CT molecular complexity index is 507. The van der Waals surface area contributed by atoms with Crippen LogP contribution in [-0.4, -0.2) is 41.3 Å². The third-order valence-electron chi connectivity index (χ3n) is 3.29. The Morgan fingerprint density at radius 3 is 3.00 bits per heavy atom. The van der Waals surface area contributed by atoms with Crippen molar-refractivity contribution in [1.82, 2.24) is 10.0 Å². The summed E-state index contributed by atoms with van der Waals surface area (Å²) >= 11 is 1.35. The van der Waals surface area contributed by atoms with Crippen LogP contribution in [0.25, 0.3) is 0 Å². The number of sulfonamides is 1. The topological polar surface area (TPSA) is 67.4 Å². The summed E-state index contributed by atoms with van der Waals surface area (Å²) in [5.74, 6) is 0.304. The lowest BCUT2D eigenvalue weighted by molar-refractivity contribution is 0.186. The largest absolute Gasteiger partial charge is 0.381 e. The summed E-state index contributed by atoms with van der Waals surface area (Å²) in [6.45, 7) is 5.72. The Kier molecular flexibility index (Phi) is 5.98. The summed E-state index contributed by atoms with van der Waals surface area (Å²) < 4.78 is 32.7. The lowest BCUT2D eigenvalue weighted by Crippen LogP contribution is -2.29. The molecule has 114 valence electrons. The minimum absolute atomic E-state index is 0.304. The molecule has 1 aromatic rings. The van der Waals surface area contributed by atoms with Crippen LogP contribution >= 0.6 is 11.3 Å². The highest BCUT2D eigenvalue weighted by Gasteiger charge is 2.21. The van der Waals surface area contributed by atoms with Crippen molar-refractivity contribution in [1.29, 1.82) is 0 Å². The molecule has 1 fully saturated rings. The normalized spacial score (nSPS) is 19.6. The van der Waals surface area contributed by atoms with Crippen molar-refractivity contribution in [2.24, 2.45) is 5.92 Å². The molecule has 20 heavy (non-hydrogen) atoms. The molecule has 1 saturated heterocycles. The minimum Gasteiger partial charge on any atom is -0.381 e. The minimum atomic E-state index is -3.36. The van der Waals surface area contributed by atoms with Crippen molar-refractivity contribution in [2.75, 3.05) is 32.8 Å². The van der Waals surface area contributed by atoms with E-state index in [0.29, 0.717) is 23.3 Å². The number of hydrogen-bond donors (Lipinski definition) is 2. The van der Waals surface area contributed by atoms with Gasteiger partial charge in [0.2, 0.25) is 10.0 Å². The average Bonchev–Trinajstić information content (AvgIpc) is 3.08. The highest BCUT2D eigenvalue weighted by Crippen LogP contribution is 2.22. The van der Waals surface area contributed by atoms with Crippen LogP contribution in [0.1, 0.15) is 18.2 Å². The first kappa shape index (κ1) is 15.9. The molecule has 1 aromatic heterocycles. The molecule has 1 aliphatic heterocycles. The van der Waals surface area contributed by atoms with Gasteiger partial charge in [-0.15, -0.1) is 11.3 Å². The van der Waals surface area contributed by atoms with E-state index in [4.69, 9.17) is 4.74 Å². The second-order valence-electron chi connectivity index (χ2n) is 4.91. The van der Waals surface area contributed by atoms with E-state index in [1.54, 1.807) is 6.07 Å². The van der Waals surface area contributed by atoms with E-state index < -0.39 is 10.0 Å². The molecule has 2 heterocycles. The van der Waals surface area contributed by atoms with E-state index in [2.05, 4.69) is 17.0 Å². The van der Waals surface area contributed by atoms with Gasteiger partial charge >= 0.3 is 0 Å².